The van der Waals surface area contributed by atoms with Gasteiger partial charge in [-0.2, -0.15) is 0 Å². The van der Waals surface area contributed by atoms with E-state index in [9.17, 15) is 4.79 Å². The summed E-state index contributed by atoms with van der Waals surface area (Å²) in [7, 11) is 1.66. The van der Waals surface area contributed by atoms with E-state index in [4.69, 9.17) is 10.5 Å². The van der Waals surface area contributed by atoms with Crippen molar-refractivity contribution in [2.75, 3.05) is 32.5 Å². The van der Waals surface area contributed by atoms with Crippen molar-refractivity contribution in [3.63, 3.8) is 0 Å². The maximum atomic E-state index is 12.3. The molecule has 1 aromatic rings. The Morgan fingerprint density at radius 2 is 2.00 bits per heavy atom. The highest BCUT2D eigenvalue weighted by molar-refractivity contribution is 5.85. The number of aryl methyl sites for hydroxylation is 1. The molecule has 120 valence electrons. The zero-order valence-corrected chi connectivity index (χ0v) is 13.8. The number of carbonyl (C=O) groups excluding carboxylic acids is 1. The third-order valence-electron chi connectivity index (χ3n) is 3.36. The van der Waals surface area contributed by atoms with Crippen LogP contribution in [0.4, 0.5) is 5.69 Å². The fourth-order valence-corrected chi connectivity index (χ4v) is 2.07. The molecule has 5 heteroatoms. The Kier molecular flexibility index (Phi) is 10.7. The molecule has 0 heterocycles. The Bertz CT molecular complexity index is 405. The SMILES string of the molecule is CCCCN(CCOC)C(=O)CCc1ccccc1N.Cl. The topological polar surface area (TPSA) is 55.6 Å². The maximum absolute atomic E-state index is 12.3. The summed E-state index contributed by atoms with van der Waals surface area (Å²) in [6.45, 7) is 4.19. The number of carbonyl (C=O) groups is 1. The number of benzene rings is 1. The monoisotopic (exact) mass is 314 g/mol. The summed E-state index contributed by atoms with van der Waals surface area (Å²) < 4.78 is 5.07. The average molecular weight is 315 g/mol. The quantitative estimate of drug-likeness (QED) is 0.713. The smallest absolute Gasteiger partial charge is 0.222 e. The highest BCUT2D eigenvalue weighted by atomic mass is 35.5. The molecule has 4 nitrogen and oxygen atoms in total. The number of unbranched alkanes of at least 4 members (excludes halogenated alkanes) is 1. The van der Waals surface area contributed by atoms with Crippen molar-refractivity contribution in [3.8, 4) is 0 Å². The van der Waals surface area contributed by atoms with E-state index in [0.29, 0.717) is 26.0 Å². The first-order valence-corrected chi connectivity index (χ1v) is 7.29. The minimum Gasteiger partial charge on any atom is -0.399 e. The van der Waals surface area contributed by atoms with Gasteiger partial charge in [0, 0.05) is 32.3 Å². The molecular formula is C16H27ClN2O2. The number of hydrogen-bond donors (Lipinski definition) is 1. The van der Waals surface area contributed by atoms with E-state index >= 15 is 0 Å². The zero-order valence-electron chi connectivity index (χ0n) is 13.0. The van der Waals surface area contributed by atoms with Gasteiger partial charge in [-0.3, -0.25) is 4.79 Å². The molecule has 0 atom stereocenters. The highest BCUT2D eigenvalue weighted by Gasteiger charge is 2.13. The molecule has 1 amide bonds. The number of para-hydroxylation sites is 1. The Hall–Kier alpha value is -1.26. The number of halogens is 1. The lowest BCUT2D eigenvalue weighted by molar-refractivity contribution is -0.131. The highest BCUT2D eigenvalue weighted by Crippen LogP contribution is 2.13. The summed E-state index contributed by atoms with van der Waals surface area (Å²) in [6.07, 6.45) is 3.31. The Morgan fingerprint density at radius 1 is 1.29 bits per heavy atom. The van der Waals surface area contributed by atoms with E-state index in [1.54, 1.807) is 7.11 Å². The minimum atomic E-state index is 0. The van der Waals surface area contributed by atoms with Crippen LogP contribution >= 0.6 is 12.4 Å². The van der Waals surface area contributed by atoms with Gasteiger partial charge in [-0.1, -0.05) is 31.5 Å². The molecule has 0 aromatic heterocycles. The van der Waals surface area contributed by atoms with Gasteiger partial charge in [0.15, 0.2) is 0 Å². The van der Waals surface area contributed by atoms with E-state index in [1.165, 1.54) is 0 Å². The number of hydrogen-bond acceptors (Lipinski definition) is 3. The van der Waals surface area contributed by atoms with Gasteiger partial charge in [-0.15, -0.1) is 12.4 Å². The second-order valence-electron chi connectivity index (χ2n) is 4.93. The van der Waals surface area contributed by atoms with E-state index in [-0.39, 0.29) is 18.3 Å². The lowest BCUT2D eigenvalue weighted by atomic mass is 10.1. The predicted octanol–water partition coefficient (Wildman–Crippen LogP) is 2.90. The van der Waals surface area contributed by atoms with Crippen molar-refractivity contribution in [3.05, 3.63) is 29.8 Å². The number of amides is 1. The van der Waals surface area contributed by atoms with E-state index in [1.807, 2.05) is 29.2 Å². The van der Waals surface area contributed by atoms with E-state index < -0.39 is 0 Å². The standard InChI is InChI=1S/C16H26N2O2.ClH/c1-3-4-11-18(12-13-20-2)16(19)10-9-14-7-5-6-8-15(14)17;/h5-8H,3-4,9-13,17H2,1-2H3;1H. The Balaban J connectivity index is 0.00000400. The summed E-state index contributed by atoms with van der Waals surface area (Å²) in [5.41, 5.74) is 7.70. The molecule has 0 aliphatic rings. The maximum Gasteiger partial charge on any atom is 0.222 e. The van der Waals surface area contributed by atoms with Crippen molar-refractivity contribution < 1.29 is 9.53 Å². The second kappa shape index (κ2) is 11.4. The lowest BCUT2D eigenvalue weighted by Gasteiger charge is -2.22. The number of nitrogens with zero attached hydrogens (tertiary/aromatic N) is 1. The number of rotatable bonds is 9. The molecule has 0 aliphatic heterocycles. The van der Waals surface area contributed by atoms with Crippen molar-refractivity contribution in [1.29, 1.82) is 0 Å². The predicted molar refractivity (Wildman–Crippen MR) is 89.8 cm³/mol. The molecule has 0 fully saturated rings. The van der Waals surface area contributed by atoms with Crippen LogP contribution in [0.25, 0.3) is 0 Å². The number of ether oxygens (including phenoxy) is 1. The summed E-state index contributed by atoms with van der Waals surface area (Å²) >= 11 is 0. The molecule has 1 aromatic carbocycles. The molecule has 0 spiro atoms. The largest absolute Gasteiger partial charge is 0.399 e. The first-order chi connectivity index (χ1) is 9.69. The molecule has 0 bridgehead atoms. The van der Waals surface area contributed by atoms with Crippen molar-refractivity contribution in [2.24, 2.45) is 0 Å². The fraction of sp³-hybridized carbons (Fsp3) is 0.562. The first kappa shape index (κ1) is 19.7. The van der Waals surface area contributed by atoms with Crippen molar-refractivity contribution in [1.82, 2.24) is 4.90 Å². The number of nitrogens with two attached hydrogens (primary N) is 1. The van der Waals surface area contributed by atoms with Crippen LogP contribution in [0.3, 0.4) is 0 Å². The number of anilines is 1. The van der Waals surface area contributed by atoms with Crippen LogP contribution in [0.1, 0.15) is 31.7 Å². The van der Waals surface area contributed by atoms with Gasteiger partial charge < -0.3 is 15.4 Å². The Morgan fingerprint density at radius 3 is 2.62 bits per heavy atom. The van der Waals surface area contributed by atoms with Crippen LogP contribution in [0.15, 0.2) is 24.3 Å². The summed E-state index contributed by atoms with van der Waals surface area (Å²) in [4.78, 5) is 14.2. The van der Waals surface area contributed by atoms with Gasteiger partial charge in [-0.25, -0.2) is 0 Å². The van der Waals surface area contributed by atoms with E-state index in [2.05, 4.69) is 6.92 Å². The van der Waals surface area contributed by atoms with Crippen LogP contribution in [-0.2, 0) is 16.0 Å². The van der Waals surface area contributed by atoms with Gasteiger partial charge in [0.05, 0.1) is 6.61 Å². The molecule has 0 aliphatic carbocycles. The van der Waals surface area contributed by atoms with Gasteiger partial charge in [0.25, 0.3) is 0 Å². The van der Waals surface area contributed by atoms with Crippen LogP contribution < -0.4 is 5.73 Å². The minimum absolute atomic E-state index is 0. The average Bonchev–Trinajstić information content (AvgIpc) is 2.46. The summed E-state index contributed by atoms with van der Waals surface area (Å²) in [6, 6.07) is 7.72. The normalized spacial score (nSPS) is 10.0. The van der Waals surface area contributed by atoms with Crippen LogP contribution in [-0.4, -0.2) is 37.6 Å². The molecule has 21 heavy (non-hydrogen) atoms. The second-order valence-corrected chi connectivity index (χ2v) is 4.93. The van der Waals surface area contributed by atoms with Gasteiger partial charge in [0.1, 0.15) is 0 Å². The lowest BCUT2D eigenvalue weighted by Crippen LogP contribution is -2.34. The van der Waals surface area contributed by atoms with Crippen molar-refractivity contribution in [2.45, 2.75) is 32.6 Å². The molecular weight excluding hydrogens is 288 g/mol. The summed E-state index contributed by atoms with van der Waals surface area (Å²) in [5, 5.41) is 0. The third kappa shape index (κ3) is 7.34. The molecule has 0 saturated carbocycles. The molecule has 2 N–H and O–H groups in total. The van der Waals surface area contributed by atoms with Crippen LogP contribution in [0, 0.1) is 0 Å². The summed E-state index contributed by atoms with van der Waals surface area (Å²) in [5.74, 6) is 0.179. The first-order valence-electron chi connectivity index (χ1n) is 7.29. The van der Waals surface area contributed by atoms with Crippen LogP contribution in [0.5, 0.6) is 0 Å². The van der Waals surface area contributed by atoms with Crippen molar-refractivity contribution >= 4 is 24.0 Å². The molecule has 0 unspecified atom stereocenters. The number of nitrogen functional groups attached to an aromatic ring is 1. The number of methoxy groups -OCH3 is 1. The molecule has 1 rings (SSSR count). The molecule has 0 radical (unpaired) electrons. The Labute approximate surface area is 134 Å². The fourth-order valence-electron chi connectivity index (χ4n) is 2.07. The van der Waals surface area contributed by atoms with Gasteiger partial charge in [0.2, 0.25) is 5.91 Å². The van der Waals surface area contributed by atoms with Gasteiger partial charge >= 0.3 is 0 Å². The third-order valence-corrected chi connectivity index (χ3v) is 3.36. The zero-order chi connectivity index (χ0) is 14.8. The van der Waals surface area contributed by atoms with Gasteiger partial charge in [-0.05, 0) is 24.5 Å². The van der Waals surface area contributed by atoms with Crippen LogP contribution in [0.2, 0.25) is 0 Å². The van der Waals surface area contributed by atoms with E-state index in [0.717, 1.165) is 30.6 Å². The molecule has 0 saturated heterocycles.